The maximum absolute atomic E-state index is 12.5. The molecule has 0 spiro atoms. The van der Waals surface area contributed by atoms with E-state index in [0.717, 1.165) is 5.69 Å². The average Bonchev–Trinajstić information content (AvgIpc) is 2.62. The van der Waals surface area contributed by atoms with E-state index in [-0.39, 0.29) is 22.8 Å². The van der Waals surface area contributed by atoms with Crippen molar-refractivity contribution in [3.63, 3.8) is 0 Å². The van der Waals surface area contributed by atoms with Gasteiger partial charge in [0, 0.05) is 22.8 Å². The minimum absolute atomic E-state index is 0.101. The highest BCUT2D eigenvalue weighted by Crippen LogP contribution is 2.26. The van der Waals surface area contributed by atoms with E-state index < -0.39 is 0 Å². The molecule has 0 aliphatic rings. The summed E-state index contributed by atoms with van der Waals surface area (Å²) in [6, 6.07) is 3.60. The summed E-state index contributed by atoms with van der Waals surface area (Å²) in [4.78, 5) is 15.6. The van der Waals surface area contributed by atoms with E-state index in [0.29, 0.717) is 0 Å². The fraction of sp³-hybridized carbons (Fsp3) is 0.643. The van der Waals surface area contributed by atoms with Crippen LogP contribution < -0.4 is 5.32 Å². The van der Waals surface area contributed by atoms with Crippen LogP contribution in [0.4, 0.5) is 0 Å². The van der Waals surface area contributed by atoms with Gasteiger partial charge in [-0.15, -0.1) is 0 Å². The van der Waals surface area contributed by atoms with Crippen LogP contribution in [0.15, 0.2) is 18.3 Å². The Labute approximate surface area is 104 Å². The smallest absolute Gasteiger partial charge is 0.161 e. The van der Waals surface area contributed by atoms with Gasteiger partial charge < -0.3 is 4.98 Å². The van der Waals surface area contributed by atoms with Crippen molar-refractivity contribution in [2.75, 3.05) is 0 Å². The summed E-state index contributed by atoms with van der Waals surface area (Å²) in [5, 5.41) is 3.38. The summed E-state index contributed by atoms with van der Waals surface area (Å²) in [5.74, 6) is 0.204. The van der Waals surface area contributed by atoms with Crippen LogP contribution in [0, 0.1) is 5.41 Å². The Kier molecular flexibility index (Phi) is 3.82. The molecule has 0 saturated carbocycles. The first-order valence-electron chi connectivity index (χ1n) is 6.06. The molecule has 0 aromatic carbocycles. The number of aromatic nitrogens is 1. The summed E-state index contributed by atoms with van der Waals surface area (Å²) in [6.07, 6.45) is 1.85. The van der Waals surface area contributed by atoms with Crippen LogP contribution in [0.3, 0.4) is 0 Å². The Balaban J connectivity index is 3.00. The van der Waals surface area contributed by atoms with Crippen LogP contribution in [0.2, 0.25) is 0 Å². The van der Waals surface area contributed by atoms with Gasteiger partial charge in [-0.25, -0.2) is 0 Å². The van der Waals surface area contributed by atoms with Crippen molar-refractivity contribution >= 4 is 5.78 Å². The maximum atomic E-state index is 12.5. The Bertz CT molecular complexity index is 366. The van der Waals surface area contributed by atoms with Crippen LogP contribution in [0.25, 0.3) is 0 Å². The molecule has 3 heteroatoms. The molecule has 1 aromatic rings. The zero-order valence-corrected chi connectivity index (χ0v) is 11.7. The van der Waals surface area contributed by atoms with Gasteiger partial charge in [-0.1, -0.05) is 20.8 Å². The maximum Gasteiger partial charge on any atom is 0.161 e. The molecule has 1 aromatic heterocycles. The molecule has 0 aliphatic carbocycles. The highest BCUT2D eigenvalue weighted by molar-refractivity contribution is 5.89. The van der Waals surface area contributed by atoms with Gasteiger partial charge in [0.05, 0.1) is 0 Å². The number of H-pyrrole nitrogens is 1. The van der Waals surface area contributed by atoms with Crippen LogP contribution in [0.5, 0.6) is 0 Å². The van der Waals surface area contributed by atoms with Gasteiger partial charge in [0.1, 0.15) is 6.04 Å². The van der Waals surface area contributed by atoms with Crippen LogP contribution in [-0.4, -0.2) is 16.3 Å². The summed E-state index contributed by atoms with van der Waals surface area (Å²) >= 11 is 0. The predicted octanol–water partition coefficient (Wildman–Crippen LogP) is 3.06. The number of hydrogen-bond acceptors (Lipinski definition) is 2. The SMILES string of the molecule is CC(C)(C)NC(C(=O)C(C)(C)C)c1ccc[nH]1. The molecular formula is C14H24N2O. The van der Waals surface area contributed by atoms with Crippen molar-refractivity contribution in [3.05, 3.63) is 24.0 Å². The second-order valence-corrected chi connectivity index (χ2v) is 6.57. The first-order valence-corrected chi connectivity index (χ1v) is 6.06. The van der Waals surface area contributed by atoms with E-state index in [1.807, 2.05) is 39.1 Å². The third kappa shape index (κ3) is 4.00. The first kappa shape index (κ1) is 14.0. The quantitative estimate of drug-likeness (QED) is 0.847. The molecule has 17 heavy (non-hydrogen) atoms. The van der Waals surface area contributed by atoms with E-state index in [1.165, 1.54) is 0 Å². The fourth-order valence-electron chi connectivity index (χ4n) is 1.67. The average molecular weight is 236 g/mol. The Morgan fingerprint density at radius 3 is 2.18 bits per heavy atom. The molecule has 96 valence electrons. The lowest BCUT2D eigenvalue weighted by Crippen LogP contribution is -2.45. The summed E-state index contributed by atoms with van der Waals surface area (Å²) in [7, 11) is 0. The second-order valence-electron chi connectivity index (χ2n) is 6.57. The first-order chi connectivity index (χ1) is 7.61. The number of aromatic amines is 1. The second kappa shape index (κ2) is 4.65. The van der Waals surface area contributed by atoms with Crippen molar-refractivity contribution in [2.24, 2.45) is 5.41 Å². The van der Waals surface area contributed by atoms with Crippen LogP contribution in [0.1, 0.15) is 53.3 Å². The van der Waals surface area contributed by atoms with Crippen molar-refractivity contribution in [2.45, 2.75) is 53.1 Å². The molecule has 1 atom stereocenters. The molecule has 0 saturated heterocycles. The van der Waals surface area contributed by atoms with Gasteiger partial charge in [-0.05, 0) is 32.9 Å². The number of hydrogen-bond donors (Lipinski definition) is 2. The molecule has 2 N–H and O–H groups in total. The van der Waals surface area contributed by atoms with Crippen molar-refractivity contribution in [1.29, 1.82) is 0 Å². The highest BCUT2D eigenvalue weighted by atomic mass is 16.1. The summed E-state index contributed by atoms with van der Waals surface area (Å²) in [6.45, 7) is 12.1. The minimum atomic E-state index is -0.353. The molecule has 0 radical (unpaired) electrons. The molecular weight excluding hydrogens is 212 g/mol. The number of nitrogens with one attached hydrogen (secondary N) is 2. The van der Waals surface area contributed by atoms with Gasteiger partial charge in [-0.2, -0.15) is 0 Å². The molecule has 0 fully saturated rings. The standard InChI is InChI=1S/C14H24N2O/c1-13(2,3)12(17)11(16-14(4,5)6)10-8-7-9-15-10/h7-9,11,15-16H,1-6H3. The zero-order chi connectivity index (χ0) is 13.3. The molecule has 1 rings (SSSR count). The third-order valence-electron chi connectivity index (χ3n) is 2.51. The molecule has 3 nitrogen and oxygen atoms in total. The summed E-state index contributed by atoms with van der Waals surface area (Å²) < 4.78 is 0. The highest BCUT2D eigenvalue weighted by Gasteiger charge is 2.33. The van der Waals surface area contributed by atoms with Gasteiger partial charge in [0.25, 0.3) is 0 Å². The number of Topliss-reactive ketones (excluding diaryl/α,β-unsaturated/α-hetero) is 1. The Hall–Kier alpha value is -1.09. The van der Waals surface area contributed by atoms with E-state index >= 15 is 0 Å². The van der Waals surface area contributed by atoms with E-state index in [1.54, 1.807) is 0 Å². The van der Waals surface area contributed by atoms with Gasteiger partial charge in [0.2, 0.25) is 0 Å². The topological polar surface area (TPSA) is 44.9 Å². The fourth-order valence-corrected chi connectivity index (χ4v) is 1.67. The lowest BCUT2D eigenvalue weighted by molar-refractivity contribution is -0.129. The van der Waals surface area contributed by atoms with Crippen molar-refractivity contribution < 1.29 is 4.79 Å². The molecule has 0 amide bonds. The van der Waals surface area contributed by atoms with E-state index in [9.17, 15) is 4.79 Å². The van der Waals surface area contributed by atoms with Crippen LogP contribution in [-0.2, 0) is 4.79 Å². The molecule has 1 heterocycles. The molecule has 0 aliphatic heterocycles. The lowest BCUT2D eigenvalue weighted by atomic mass is 9.84. The molecule has 1 unspecified atom stereocenters. The Morgan fingerprint density at radius 2 is 1.82 bits per heavy atom. The van der Waals surface area contributed by atoms with Gasteiger partial charge in [0.15, 0.2) is 5.78 Å². The summed E-state index contributed by atoms with van der Waals surface area (Å²) in [5.41, 5.74) is 0.477. The monoisotopic (exact) mass is 236 g/mol. The normalized spacial score (nSPS) is 14.7. The minimum Gasteiger partial charge on any atom is -0.363 e. The number of carbonyl (C=O) groups excluding carboxylic acids is 1. The van der Waals surface area contributed by atoms with Crippen molar-refractivity contribution in [1.82, 2.24) is 10.3 Å². The van der Waals surface area contributed by atoms with Gasteiger partial charge >= 0.3 is 0 Å². The zero-order valence-electron chi connectivity index (χ0n) is 11.7. The predicted molar refractivity (Wildman–Crippen MR) is 70.9 cm³/mol. The third-order valence-corrected chi connectivity index (χ3v) is 2.51. The number of ketones is 1. The van der Waals surface area contributed by atoms with E-state index in [4.69, 9.17) is 0 Å². The lowest BCUT2D eigenvalue weighted by Gasteiger charge is -2.31. The Morgan fingerprint density at radius 1 is 1.24 bits per heavy atom. The number of rotatable bonds is 3. The van der Waals surface area contributed by atoms with Gasteiger partial charge in [-0.3, -0.25) is 10.1 Å². The molecule has 0 bridgehead atoms. The van der Waals surface area contributed by atoms with Crippen molar-refractivity contribution in [3.8, 4) is 0 Å². The van der Waals surface area contributed by atoms with Crippen LogP contribution >= 0.6 is 0 Å². The van der Waals surface area contributed by atoms with E-state index in [2.05, 4.69) is 31.1 Å². The number of carbonyl (C=O) groups is 1. The largest absolute Gasteiger partial charge is 0.363 e.